The molecule has 0 radical (unpaired) electrons. The lowest BCUT2D eigenvalue weighted by Crippen LogP contribution is -2.31. The first kappa shape index (κ1) is 24.8. The second kappa shape index (κ2) is 11.4. The molecule has 1 aliphatic rings. The molecule has 8 heteroatoms. The quantitative estimate of drug-likeness (QED) is 0.522. The SMILES string of the molecule is COc1cc(=O)n2c(c1C(=O)NCc1ccsc1)CCN(C/C=C/c1ccc(N(C)C)cc1)CC2. The first-order valence-electron chi connectivity index (χ1n) is 11.7. The van der Waals surface area contributed by atoms with Crippen LogP contribution < -0.4 is 20.5 Å². The molecule has 2 aromatic heterocycles. The topological polar surface area (TPSA) is 66.8 Å². The third-order valence-corrected chi connectivity index (χ3v) is 6.98. The molecule has 3 aromatic rings. The lowest BCUT2D eigenvalue weighted by Gasteiger charge is -2.17. The summed E-state index contributed by atoms with van der Waals surface area (Å²) >= 11 is 1.59. The van der Waals surface area contributed by atoms with Crippen molar-refractivity contribution < 1.29 is 9.53 Å². The van der Waals surface area contributed by atoms with E-state index in [-0.39, 0.29) is 11.5 Å². The number of pyridine rings is 1. The minimum atomic E-state index is -0.216. The highest BCUT2D eigenvalue weighted by molar-refractivity contribution is 7.07. The number of carbonyl (C=O) groups excluding carboxylic acids is 1. The van der Waals surface area contributed by atoms with Gasteiger partial charge in [-0.25, -0.2) is 0 Å². The molecule has 0 bridgehead atoms. The van der Waals surface area contributed by atoms with E-state index in [1.54, 1.807) is 15.9 Å². The second-order valence-corrected chi connectivity index (χ2v) is 9.56. The molecule has 0 spiro atoms. The van der Waals surface area contributed by atoms with Crippen molar-refractivity contribution in [3.8, 4) is 5.75 Å². The van der Waals surface area contributed by atoms with Crippen LogP contribution in [0.5, 0.6) is 5.75 Å². The van der Waals surface area contributed by atoms with E-state index < -0.39 is 0 Å². The van der Waals surface area contributed by atoms with Gasteiger partial charge in [-0.3, -0.25) is 14.5 Å². The number of carbonyl (C=O) groups is 1. The van der Waals surface area contributed by atoms with Gasteiger partial charge in [-0.2, -0.15) is 11.3 Å². The molecule has 1 aliphatic heterocycles. The Labute approximate surface area is 210 Å². The zero-order valence-electron chi connectivity index (χ0n) is 20.5. The van der Waals surface area contributed by atoms with Gasteiger partial charge in [-0.1, -0.05) is 24.3 Å². The molecule has 0 unspecified atom stereocenters. The minimum absolute atomic E-state index is 0.135. The average Bonchev–Trinajstić information content (AvgIpc) is 3.29. The van der Waals surface area contributed by atoms with Crippen LogP contribution in [0.4, 0.5) is 5.69 Å². The Morgan fingerprint density at radius 1 is 1.17 bits per heavy atom. The van der Waals surface area contributed by atoms with E-state index in [9.17, 15) is 9.59 Å². The Morgan fingerprint density at radius 3 is 2.66 bits per heavy atom. The number of thiophene rings is 1. The summed E-state index contributed by atoms with van der Waals surface area (Å²) in [4.78, 5) is 30.4. The lowest BCUT2D eigenvalue weighted by molar-refractivity contribution is 0.0945. The van der Waals surface area contributed by atoms with Crippen LogP contribution in [0.3, 0.4) is 0 Å². The molecular weight excluding hydrogens is 460 g/mol. The maximum atomic E-state index is 13.2. The van der Waals surface area contributed by atoms with E-state index in [1.165, 1.54) is 18.9 Å². The fraction of sp³-hybridized carbons (Fsp3) is 0.333. The highest BCUT2D eigenvalue weighted by Gasteiger charge is 2.25. The van der Waals surface area contributed by atoms with Crippen LogP contribution >= 0.6 is 11.3 Å². The van der Waals surface area contributed by atoms with E-state index in [2.05, 4.69) is 51.5 Å². The van der Waals surface area contributed by atoms with Crippen LogP contribution in [-0.4, -0.2) is 56.2 Å². The first-order chi connectivity index (χ1) is 17.0. The number of benzene rings is 1. The molecule has 0 saturated carbocycles. The van der Waals surface area contributed by atoms with E-state index in [0.717, 1.165) is 36.5 Å². The summed E-state index contributed by atoms with van der Waals surface area (Å²) in [6.07, 6.45) is 4.87. The zero-order valence-corrected chi connectivity index (χ0v) is 21.3. The molecule has 184 valence electrons. The van der Waals surface area contributed by atoms with Crippen molar-refractivity contribution >= 4 is 29.0 Å². The molecule has 1 aromatic carbocycles. The van der Waals surface area contributed by atoms with Crippen LogP contribution in [0.2, 0.25) is 0 Å². The number of ether oxygens (including phenoxy) is 1. The van der Waals surface area contributed by atoms with Gasteiger partial charge < -0.3 is 19.5 Å². The molecule has 0 saturated heterocycles. The third kappa shape index (κ3) is 6.01. The van der Waals surface area contributed by atoms with Gasteiger partial charge in [0.2, 0.25) is 0 Å². The monoisotopic (exact) mass is 492 g/mol. The number of rotatable bonds is 8. The predicted octanol–water partition coefficient (Wildman–Crippen LogP) is 3.49. The van der Waals surface area contributed by atoms with Crippen molar-refractivity contribution in [3.63, 3.8) is 0 Å². The van der Waals surface area contributed by atoms with Gasteiger partial charge in [0, 0.05) is 70.7 Å². The molecule has 7 nitrogen and oxygen atoms in total. The number of hydrogen-bond donors (Lipinski definition) is 1. The van der Waals surface area contributed by atoms with Gasteiger partial charge >= 0.3 is 0 Å². The molecule has 1 N–H and O–H groups in total. The molecule has 1 amide bonds. The maximum Gasteiger partial charge on any atom is 0.257 e. The van der Waals surface area contributed by atoms with Crippen LogP contribution in [0.15, 0.2) is 58.0 Å². The normalized spacial score (nSPS) is 13.9. The number of aromatic nitrogens is 1. The molecule has 0 atom stereocenters. The van der Waals surface area contributed by atoms with E-state index >= 15 is 0 Å². The predicted molar refractivity (Wildman–Crippen MR) is 143 cm³/mol. The van der Waals surface area contributed by atoms with Crippen molar-refractivity contribution in [1.29, 1.82) is 0 Å². The number of hydrogen-bond acceptors (Lipinski definition) is 6. The second-order valence-electron chi connectivity index (χ2n) is 8.78. The van der Waals surface area contributed by atoms with Crippen LogP contribution in [0.1, 0.15) is 27.2 Å². The van der Waals surface area contributed by atoms with Crippen molar-refractivity contribution in [1.82, 2.24) is 14.8 Å². The Kier molecular flexibility index (Phi) is 8.05. The third-order valence-electron chi connectivity index (χ3n) is 6.25. The van der Waals surface area contributed by atoms with Crippen molar-refractivity contribution in [2.45, 2.75) is 19.5 Å². The smallest absolute Gasteiger partial charge is 0.257 e. The highest BCUT2D eigenvalue weighted by atomic mass is 32.1. The van der Waals surface area contributed by atoms with Gasteiger partial charge in [0.25, 0.3) is 11.5 Å². The van der Waals surface area contributed by atoms with Gasteiger partial charge in [0.15, 0.2) is 0 Å². The summed E-state index contributed by atoms with van der Waals surface area (Å²) in [5, 5.41) is 6.98. The summed E-state index contributed by atoms with van der Waals surface area (Å²) in [6.45, 7) is 3.24. The standard InChI is InChI=1S/C27H32N4O3S/c1-29(2)22-8-6-20(7-9-22)5-4-12-30-13-10-23-26(27(33)28-18-21-11-16-35-19-21)24(34-3)17-25(32)31(23)15-14-30/h4-9,11,16-17,19H,10,12-15,18H2,1-3H3,(H,28,33)/b5-4+. The summed E-state index contributed by atoms with van der Waals surface area (Å²) in [5.74, 6) is 0.116. The lowest BCUT2D eigenvalue weighted by atomic mass is 10.1. The van der Waals surface area contributed by atoms with Crippen LogP contribution in [0, 0.1) is 0 Å². The minimum Gasteiger partial charge on any atom is -0.496 e. The van der Waals surface area contributed by atoms with Crippen molar-refractivity contribution in [2.75, 3.05) is 45.7 Å². The van der Waals surface area contributed by atoms with Crippen molar-refractivity contribution in [3.05, 3.63) is 86.0 Å². The number of fused-ring (bicyclic) bond motifs is 1. The van der Waals surface area contributed by atoms with E-state index in [4.69, 9.17) is 4.74 Å². The molecular formula is C27H32N4O3S. The van der Waals surface area contributed by atoms with Crippen molar-refractivity contribution in [2.24, 2.45) is 0 Å². The molecule has 35 heavy (non-hydrogen) atoms. The fourth-order valence-corrected chi connectivity index (χ4v) is 4.94. The summed E-state index contributed by atoms with van der Waals surface area (Å²) < 4.78 is 7.18. The number of nitrogens with zero attached hydrogens (tertiary/aromatic N) is 3. The summed E-state index contributed by atoms with van der Waals surface area (Å²) in [5.41, 5.74) is 4.44. The number of nitrogens with one attached hydrogen (secondary N) is 1. The van der Waals surface area contributed by atoms with E-state index in [0.29, 0.717) is 30.8 Å². The highest BCUT2D eigenvalue weighted by Crippen LogP contribution is 2.23. The van der Waals surface area contributed by atoms with Gasteiger partial charge in [0.05, 0.1) is 7.11 Å². The Hall–Kier alpha value is -3.36. The van der Waals surface area contributed by atoms with Gasteiger partial charge in [-0.05, 0) is 40.1 Å². The number of amides is 1. The Bertz CT molecular complexity index is 1230. The molecule has 3 heterocycles. The van der Waals surface area contributed by atoms with Gasteiger partial charge in [0.1, 0.15) is 11.3 Å². The number of methoxy groups -OCH3 is 1. The largest absolute Gasteiger partial charge is 0.496 e. The summed E-state index contributed by atoms with van der Waals surface area (Å²) in [7, 11) is 5.56. The average molecular weight is 493 g/mol. The zero-order chi connectivity index (χ0) is 24.8. The summed E-state index contributed by atoms with van der Waals surface area (Å²) in [6, 6.07) is 11.8. The maximum absolute atomic E-state index is 13.2. The molecule has 4 rings (SSSR count). The molecule has 0 fully saturated rings. The van der Waals surface area contributed by atoms with E-state index in [1.807, 2.05) is 30.9 Å². The van der Waals surface area contributed by atoms with Crippen LogP contribution in [0.25, 0.3) is 6.08 Å². The number of anilines is 1. The first-order valence-corrected chi connectivity index (χ1v) is 12.7. The Balaban J connectivity index is 1.46. The fourth-order valence-electron chi connectivity index (χ4n) is 4.27. The van der Waals surface area contributed by atoms with Crippen LogP contribution in [-0.2, 0) is 19.5 Å². The molecule has 0 aliphatic carbocycles. The Morgan fingerprint density at radius 2 is 1.97 bits per heavy atom. The van der Waals surface area contributed by atoms with Gasteiger partial charge in [-0.15, -0.1) is 0 Å².